The average Bonchev–Trinajstić information content (AvgIpc) is 1.78. The van der Waals surface area contributed by atoms with Crippen molar-refractivity contribution in [2.24, 2.45) is 0 Å². The summed E-state index contributed by atoms with van der Waals surface area (Å²) in [5.41, 5.74) is 0. The molecule has 0 spiro atoms. The maximum absolute atomic E-state index is 10.8. The second-order valence-corrected chi connectivity index (χ2v) is 5.55. The Kier molecular flexibility index (Phi) is 5.51. The second-order valence-electron chi connectivity index (χ2n) is 2.13. The first-order valence-electron chi connectivity index (χ1n) is 3.19. The molecular formula is C4H9ClO7P2. The number of phosphoric acid groups is 2. The van der Waals surface area contributed by atoms with Gasteiger partial charge in [0, 0.05) is 5.03 Å². The van der Waals surface area contributed by atoms with Crippen LogP contribution in [0.4, 0.5) is 0 Å². The predicted octanol–water partition coefficient (Wildman–Crippen LogP) is 1.36. The van der Waals surface area contributed by atoms with Crippen LogP contribution in [0.3, 0.4) is 0 Å². The fourth-order valence-corrected chi connectivity index (χ4v) is 1.99. The summed E-state index contributed by atoms with van der Waals surface area (Å²) >= 11 is 5.36. The number of rotatable bonds is 5. The maximum atomic E-state index is 10.8. The molecule has 0 fully saturated rings. The highest BCUT2D eigenvalue weighted by Gasteiger charge is 2.31. The molecule has 0 aliphatic heterocycles. The summed E-state index contributed by atoms with van der Waals surface area (Å²) in [6.07, 6.45) is 1.23. The highest BCUT2D eigenvalue weighted by atomic mass is 35.5. The van der Waals surface area contributed by atoms with E-state index >= 15 is 0 Å². The molecule has 0 amide bonds. The van der Waals surface area contributed by atoms with Crippen LogP contribution in [0.15, 0.2) is 11.1 Å². The average molecular weight is 267 g/mol. The minimum Gasteiger partial charge on any atom is -0.302 e. The van der Waals surface area contributed by atoms with Gasteiger partial charge in [-0.05, 0) is 13.0 Å². The van der Waals surface area contributed by atoms with Gasteiger partial charge in [-0.15, -0.1) is 0 Å². The lowest BCUT2D eigenvalue weighted by Gasteiger charge is -2.10. The molecule has 14 heavy (non-hydrogen) atoms. The maximum Gasteiger partial charge on any atom is 0.481 e. The van der Waals surface area contributed by atoms with Gasteiger partial charge in [-0.3, -0.25) is 4.52 Å². The van der Waals surface area contributed by atoms with Crippen LogP contribution in [0.5, 0.6) is 0 Å². The van der Waals surface area contributed by atoms with Crippen LogP contribution in [-0.4, -0.2) is 21.3 Å². The van der Waals surface area contributed by atoms with Crippen molar-refractivity contribution in [3.63, 3.8) is 0 Å². The molecule has 0 aromatic rings. The summed E-state index contributed by atoms with van der Waals surface area (Å²) in [5.74, 6) is 0. The lowest BCUT2D eigenvalue weighted by atomic mass is 10.6. The van der Waals surface area contributed by atoms with E-state index in [0.29, 0.717) is 5.03 Å². The third-order valence-corrected chi connectivity index (χ3v) is 3.12. The van der Waals surface area contributed by atoms with E-state index in [-0.39, 0.29) is 6.61 Å². The molecule has 0 radical (unpaired) electrons. The van der Waals surface area contributed by atoms with Crippen molar-refractivity contribution >= 4 is 27.2 Å². The molecule has 0 aromatic carbocycles. The number of allylic oxidation sites excluding steroid dienone is 1. The number of phosphoric ester groups is 1. The van der Waals surface area contributed by atoms with Gasteiger partial charge in [-0.1, -0.05) is 11.6 Å². The highest BCUT2D eigenvalue weighted by molar-refractivity contribution is 7.60. The van der Waals surface area contributed by atoms with Crippen molar-refractivity contribution in [3.8, 4) is 0 Å². The first kappa shape index (κ1) is 14.3. The third-order valence-electron chi connectivity index (χ3n) is 0.812. The summed E-state index contributed by atoms with van der Waals surface area (Å²) < 4.78 is 28.6. The summed E-state index contributed by atoms with van der Waals surface area (Å²) in [6.45, 7) is 1.11. The molecular weight excluding hydrogens is 257 g/mol. The fraction of sp³-hybridized carbons (Fsp3) is 0.500. The molecule has 0 bridgehead atoms. The lowest BCUT2D eigenvalue weighted by Crippen LogP contribution is -1.93. The number of halogens is 1. The molecule has 0 aliphatic rings. The molecule has 0 aliphatic carbocycles. The zero-order chi connectivity index (χ0) is 11.4. The van der Waals surface area contributed by atoms with Crippen LogP contribution in [-0.2, 0) is 18.0 Å². The summed E-state index contributed by atoms with van der Waals surface area (Å²) in [4.78, 5) is 25.1. The minimum absolute atomic E-state index is 0.307. The van der Waals surface area contributed by atoms with Gasteiger partial charge in [-0.2, -0.15) is 4.31 Å². The quantitative estimate of drug-likeness (QED) is 0.644. The van der Waals surface area contributed by atoms with E-state index in [1.165, 1.54) is 13.0 Å². The molecule has 3 N–H and O–H groups in total. The van der Waals surface area contributed by atoms with Crippen molar-refractivity contribution < 1.29 is 32.6 Å². The van der Waals surface area contributed by atoms with Crippen molar-refractivity contribution in [2.45, 2.75) is 6.92 Å². The Morgan fingerprint density at radius 1 is 1.43 bits per heavy atom. The van der Waals surface area contributed by atoms with E-state index in [0.717, 1.165) is 0 Å². The molecule has 1 atom stereocenters. The van der Waals surface area contributed by atoms with Crippen LogP contribution in [0.25, 0.3) is 0 Å². The Bertz CT molecular complexity index is 303. The van der Waals surface area contributed by atoms with Gasteiger partial charge in [0.05, 0.1) is 6.61 Å². The van der Waals surface area contributed by atoms with Crippen LogP contribution < -0.4 is 0 Å². The van der Waals surface area contributed by atoms with E-state index in [9.17, 15) is 9.13 Å². The van der Waals surface area contributed by atoms with E-state index in [2.05, 4.69) is 8.83 Å². The van der Waals surface area contributed by atoms with Crippen LogP contribution in [0, 0.1) is 0 Å². The van der Waals surface area contributed by atoms with Crippen LogP contribution >= 0.6 is 27.2 Å². The lowest BCUT2D eigenvalue weighted by molar-refractivity contribution is 0.191. The normalized spacial score (nSPS) is 17.9. The third kappa shape index (κ3) is 8.87. The molecule has 7 nitrogen and oxygen atoms in total. The van der Waals surface area contributed by atoms with E-state index in [1.54, 1.807) is 0 Å². The van der Waals surface area contributed by atoms with Crippen molar-refractivity contribution in [1.82, 2.24) is 0 Å². The van der Waals surface area contributed by atoms with Crippen molar-refractivity contribution in [2.75, 3.05) is 6.61 Å². The van der Waals surface area contributed by atoms with Gasteiger partial charge in [-0.25, -0.2) is 9.13 Å². The van der Waals surface area contributed by atoms with Crippen molar-refractivity contribution in [3.05, 3.63) is 11.1 Å². The number of hydrogen-bond donors (Lipinski definition) is 3. The summed E-state index contributed by atoms with van der Waals surface area (Å²) in [6, 6.07) is 0. The Hall–Kier alpha value is 0.290. The fourth-order valence-electron chi connectivity index (χ4n) is 0.404. The summed E-state index contributed by atoms with van der Waals surface area (Å²) in [7, 11) is -9.78. The van der Waals surface area contributed by atoms with E-state index in [4.69, 9.17) is 26.3 Å². The van der Waals surface area contributed by atoms with E-state index in [1.807, 2.05) is 0 Å². The SMILES string of the molecule is C/C(Cl)=C/COP(=O)(O)OP(=O)(O)O. The molecule has 0 aromatic heterocycles. The first-order valence-corrected chi connectivity index (χ1v) is 6.59. The predicted molar refractivity (Wildman–Crippen MR) is 48.5 cm³/mol. The van der Waals surface area contributed by atoms with Gasteiger partial charge in [0.15, 0.2) is 0 Å². The van der Waals surface area contributed by atoms with Crippen LogP contribution in [0.2, 0.25) is 0 Å². The second kappa shape index (κ2) is 5.39. The highest BCUT2D eigenvalue weighted by Crippen LogP contribution is 2.57. The van der Waals surface area contributed by atoms with Gasteiger partial charge in [0.2, 0.25) is 0 Å². The van der Waals surface area contributed by atoms with Crippen molar-refractivity contribution in [1.29, 1.82) is 0 Å². The van der Waals surface area contributed by atoms with E-state index < -0.39 is 15.6 Å². The molecule has 1 unspecified atom stereocenters. The van der Waals surface area contributed by atoms with Gasteiger partial charge in [0.25, 0.3) is 0 Å². The zero-order valence-corrected chi connectivity index (χ0v) is 9.58. The Morgan fingerprint density at radius 3 is 2.29 bits per heavy atom. The standard InChI is InChI=1S/C4H9ClO7P2/c1-4(5)2-3-11-14(9,10)12-13(6,7)8/h2H,3H2,1H3,(H,9,10)(H2,6,7,8)/b4-2-. The van der Waals surface area contributed by atoms with Crippen LogP contribution in [0.1, 0.15) is 6.92 Å². The smallest absolute Gasteiger partial charge is 0.302 e. The molecule has 0 saturated heterocycles. The van der Waals surface area contributed by atoms with Gasteiger partial charge >= 0.3 is 15.6 Å². The minimum atomic E-state index is -5.04. The first-order chi connectivity index (χ1) is 6.12. The topological polar surface area (TPSA) is 113 Å². The monoisotopic (exact) mass is 266 g/mol. The molecule has 0 heterocycles. The summed E-state index contributed by atoms with van der Waals surface area (Å²) in [5, 5.41) is 0.307. The number of hydrogen-bond acceptors (Lipinski definition) is 4. The Labute approximate surface area is 85.2 Å². The molecule has 0 rings (SSSR count). The van der Waals surface area contributed by atoms with Gasteiger partial charge < -0.3 is 14.7 Å². The Balaban J connectivity index is 4.17. The largest absolute Gasteiger partial charge is 0.481 e. The van der Waals surface area contributed by atoms with Gasteiger partial charge in [0.1, 0.15) is 0 Å². The molecule has 0 saturated carbocycles. The Morgan fingerprint density at radius 2 is 1.93 bits per heavy atom. The molecule has 10 heteroatoms. The zero-order valence-electron chi connectivity index (χ0n) is 7.03. The molecule has 84 valence electrons.